The van der Waals surface area contributed by atoms with Crippen LogP contribution in [0.5, 0.6) is 11.5 Å². The van der Waals surface area contributed by atoms with Crippen molar-refractivity contribution in [3.05, 3.63) is 59.3 Å². The summed E-state index contributed by atoms with van der Waals surface area (Å²) in [7, 11) is 1.60. The second-order valence-corrected chi connectivity index (χ2v) is 7.63. The van der Waals surface area contributed by atoms with E-state index in [9.17, 15) is 9.59 Å². The van der Waals surface area contributed by atoms with Gasteiger partial charge in [0.1, 0.15) is 23.7 Å². The molecule has 7 nitrogen and oxygen atoms in total. The molecule has 0 spiro atoms. The van der Waals surface area contributed by atoms with E-state index in [4.69, 9.17) is 9.47 Å². The van der Waals surface area contributed by atoms with Gasteiger partial charge in [0.05, 0.1) is 19.2 Å². The number of aromatic nitrogens is 1. The van der Waals surface area contributed by atoms with Gasteiger partial charge < -0.3 is 19.7 Å². The number of rotatable bonds is 6. The lowest BCUT2D eigenvalue weighted by Crippen LogP contribution is -2.46. The van der Waals surface area contributed by atoms with Crippen molar-refractivity contribution < 1.29 is 19.1 Å². The summed E-state index contributed by atoms with van der Waals surface area (Å²) in [5.74, 6) is 1.46. The van der Waals surface area contributed by atoms with Gasteiger partial charge >= 0.3 is 0 Å². The lowest BCUT2D eigenvalue weighted by molar-refractivity contribution is 0.0625. The number of nitrogens with zero attached hydrogens (tertiary/aromatic N) is 2. The largest absolute Gasteiger partial charge is 0.497 e. The summed E-state index contributed by atoms with van der Waals surface area (Å²) in [5.41, 5.74) is 3.58. The number of amides is 1. The Morgan fingerprint density at radius 3 is 2.90 bits per heavy atom. The van der Waals surface area contributed by atoms with Gasteiger partial charge in [-0.3, -0.25) is 14.2 Å². The highest BCUT2D eigenvalue weighted by molar-refractivity contribution is 6.09. The number of carbonyl (C=O) groups is 2. The Morgan fingerprint density at radius 2 is 2.03 bits per heavy atom. The Labute approximate surface area is 174 Å². The molecule has 3 aromatic rings. The molecule has 0 saturated carbocycles. The van der Waals surface area contributed by atoms with Gasteiger partial charge in [-0.1, -0.05) is 12.1 Å². The van der Waals surface area contributed by atoms with Crippen LogP contribution < -0.4 is 14.8 Å². The maximum absolute atomic E-state index is 13.0. The monoisotopic (exact) mass is 405 g/mol. The Hall–Kier alpha value is -3.32. The number of methoxy groups -OCH3 is 1. The van der Waals surface area contributed by atoms with E-state index in [1.54, 1.807) is 24.1 Å². The maximum Gasteiger partial charge on any atom is 0.271 e. The molecular formula is C23H23N3O4. The summed E-state index contributed by atoms with van der Waals surface area (Å²) < 4.78 is 12.3. The van der Waals surface area contributed by atoms with Crippen LogP contribution in [0.3, 0.4) is 0 Å². The maximum atomic E-state index is 13.0. The van der Waals surface area contributed by atoms with Crippen molar-refractivity contribution in [3.8, 4) is 11.5 Å². The van der Waals surface area contributed by atoms with Crippen LogP contribution in [0.15, 0.2) is 42.5 Å². The van der Waals surface area contributed by atoms with E-state index < -0.39 is 0 Å². The molecule has 1 N–H and O–H groups in total. The van der Waals surface area contributed by atoms with Gasteiger partial charge in [-0.25, -0.2) is 0 Å². The van der Waals surface area contributed by atoms with E-state index in [2.05, 4.69) is 17.4 Å². The second-order valence-electron chi connectivity index (χ2n) is 7.63. The van der Waals surface area contributed by atoms with Gasteiger partial charge in [0, 0.05) is 31.4 Å². The van der Waals surface area contributed by atoms with E-state index in [0.29, 0.717) is 31.1 Å². The molecule has 0 saturated heterocycles. The molecular weight excluding hydrogens is 382 g/mol. The highest BCUT2D eigenvalue weighted by Crippen LogP contribution is 2.28. The third kappa shape index (κ3) is 3.21. The fourth-order valence-corrected chi connectivity index (χ4v) is 4.19. The zero-order valence-electron chi connectivity index (χ0n) is 16.8. The summed E-state index contributed by atoms with van der Waals surface area (Å²) in [4.78, 5) is 27.3. The van der Waals surface area contributed by atoms with Gasteiger partial charge in [0.15, 0.2) is 0 Å². The molecule has 2 aromatic carbocycles. The number of fused-ring (bicyclic) bond motifs is 4. The number of hydrogen-bond donors (Lipinski definition) is 1. The molecule has 5 rings (SSSR count). The normalized spacial score (nSPS) is 15.3. The van der Waals surface area contributed by atoms with E-state index in [0.717, 1.165) is 29.7 Å². The van der Waals surface area contributed by atoms with Crippen molar-refractivity contribution in [1.29, 1.82) is 0 Å². The van der Waals surface area contributed by atoms with Crippen LogP contribution >= 0.6 is 0 Å². The molecule has 0 unspecified atom stereocenters. The highest BCUT2D eigenvalue weighted by atomic mass is 16.5. The van der Waals surface area contributed by atoms with E-state index in [-0.39, 0.29) is 18.4 Å². The molecule has 1 amide bonds. The number of carbonyl (C=O) groups excluding carboxylic acids is 2. The molecule has 0 bridgehead atoms. The fraction of sp³-hybridized carbons (Fsp3) is 0.304. The summed E-state index contributed by atoms with van der Waals surface area (Å²) in [6.45, 7) is 2.63. The zero-order valence-corrected chi connectivity index (χ0v) is 16.8. The summed E-state index contributed by atoms with van der Waals surface area (Å²) >= 11 is 0. The SMILES string of the molecule is COc1ccc2c(c1)cc1n2C(=O)CN(CCNCc2ccc3c(c2)CCO3)C1=O. The number of hydrogen-bond acceptors (Lipinski definition) is 5. The first kappa shape index (κ1) is 18.7. The minimum atomic E-state index is -0.124. The second kappa shape index (κ2) is 7.50. The molecule has 7 heteroatoms. The lowest BCUT2D eigenvalue weighted by Gasteiger charge is -2.27. The molecule has 0 radical (unpaired) electrons. The smallest absolute Gasteiger partial charge is 0.271 e. The third-order valence-electron chi connectivity index (χ3n) is 5.73. The molecule has 2 aliphatic rings. The fourth-order valence-electron chi connectivity index (χ4n) is 4.19. The average Bonchev–Trinajstić information content (AvgIpc) is 3.38. The van der Waals surface area contributed by atoms with Crippen molar-refractivity contribution in [3.63, 3.8) is 0 Å². The summed E-state index contributed by atoms with van der Waals surface area (Å²) in [6, 6.07) is 13.5. The Morgan fingerprint density at radius 1 is 1.13 bits per heavy atom. The predicted octanol–water partition coefficient (Wildman–Crippen LogP) is 2.47. The number of benzene rings is 2. The topological polar surface area (TPSA) is 72.8 Å². The van der Waals surface area contributed by atoms with Gasteiger partial charge in [-0.15, -0.1) is 0 Å². The van der Waals surface area contributed by atoms with E-state index >= 15 is 0 Å². The predicted molar refractivity (Wildman–Crippen MR) is 112 cm³/mol. The molecule has 0 aliphatic carbocycles. The van der Waals surface area contributed by atoms with Crippen LogP contribution in [-0.2, 0) is 13.0 Å². The van der Waals surface area contributed by atoms with Crippen LogP contribution in [0.2, 0.25) is 0 Å². The lowest BCUT2D eigenvalue weighted by atomic mass is 10.1. The van der Waals surface area contributed by atoms with Gasteiger partial charge in [-0.05, 0) is 41.5 Å². The van der Waals surface area contributed by atoms with Gasteiger partial charge in [0.25, 0.3) is 11.8 Å². The van der Waals surface area contributed by atoms with Crippen LogP contribution in [-0.4, -0.2) is 54.6 Å². The van der Waals surface area contributed by atoms with Crippen molar-refractivity contribution in [2.45, 2.75) is 13.0 Å². The van der Waals surface area contributed by atoms with E-state index in [1.165, 1.54) is 15.7 Å². The first-order valence-electron chi connectivity index (χ1n) is 10.1. The number of ether oxygens (including phenoxy) is 2. The van der Waals surface area contributed by atoms with Crippen molar-refractivity contribution in [1.82, 2.24) is 14.8 Å². The van der Waals surface area contributed by atoms with Crippen LogP contribution in [0.4, 0.5) is 0 Å². The van der Waals surface area contributed by atoms with Crippen molar-refractivity contribution in [2.75, 3.05) is 33.4 Å². The summed E-state index contributed by atoms with van der Waals surface area (Å²) in [6.07, 6.45) is 0.952. The quantitative estimate of drug-likeness (QED) is 0.638. The minimum absolute atomic E-state index is 0.0828. The molecule has 1 aromatic heterocycles. The van der Waals surface area contributed by atoms with Gasteiger partial charge in [-0.2, -0.15) is 0 Å². The van der Waals surface area contributed by atoms with Crippen molar-refractivity contribution >= 4 is 22.7 Å². The average molecular weight is 405 g/mol. The molecule has 154 valence electrons. The summed E-state index contributed by atoms with van der Waals surface area (Å²) in [5, 5.41) is 4.20. The molecule has 3 heterocycles. The Balaban J connectivity index is 1.24. The van der Waals surface area contributed by atoms with Crippen molar-refractivity contribution in [2.24, 2.45) is 0 Å². The third-order valence-corrected chi connectivity index (χ3v) is 5.73. The first-order chi connectivity index (χ1) is 14.6. The molecule has 0 fully saturated rings. The van der Waals surface area contributed by atoms with Crippen LogP contribution in [0.1, 0.15) is 26.4 Å². The Bertz CT molecular complexity index is 1150. The Kier molecular flexibility index (Phi) is 4.67. The van der Waals surface area contributed by atoms with Gasteiger partial charge in [0.2, 0.25) is 0 Å². The molecule has 0 atom stereocenters. The minimum Gasteiger partial charge on any atom is -0.497 e. The van der Waals surface area contributed by atoms with Crippen LogP contribution in [0.25, 0.3) is 10.9 Å². The van der Waals surface area contributed by atoms with Crippen LogP contribution in [0, 0.1) is 0 Å². The number of nitrogens with one attached hydrogen (secondary N) is 1. The highest BCUT2D eigenvalue weighted by Gasteiger charge is 2.31. The molecule has 2 aliphatic heterocycles. The standard InChI is InChI=1S/C23H23N3O4/c1-29-18-3-4-19-17(11-18)12-20-23(28)25(14-22(27)26(19)20)8-7-24-13-15-2-5-21-16(10-15)6-9-30-21/h2-5,10-12,24H,6-9,13-14H2,1H3. The zero-order chi connectivity index (χ0) is 20.7. The van der Waals surface area contributed by atoms with E-state index in [1.807, 2.05) is 18.2 Å². The molecule has 30 heavy (non-hydrogen) atoms. The first-order valence-corrected chi connectivity index (χ1v) is 10.1.